The molecule has 0 aliphatic carbocycles. The first-order valence-corrected chi connectivity index (χ1v) is 7.74. The van der Waals surface area contributed by atoms with Gasteiger partial charge in [0.15, 0.2) is 12.4 Å². The van der Waals surface area contributed by atoms with E-state index < -0.39 is 17.3 Å². The SMILES string of the molecule is COC(=O)COc1cccc(/C=C/C(=O)c2c(O)c(C)cn(C)c2=O)c1. The van der Waals surface area contributed by atoms with E-state index >= 15 is 0 Å². The van der Waals surface area contributed by atoms with Gasteiger partial charge in [0, 0.05) is 18.8 Å². The van der Waals surface area contributed by atoms with E-state index in [4.69, 9.17) is 4.74 Å². The molecule has 2 rings (SSSR count). The van der Waals surface area contributed by atoms with E-state index in [0.29, 0.717) is 16.9 Å². The molecule has 136 valence electrons. The summed E-state index contributed by atoms with van der Waals surface area (Å²) in [7, 11) is 2.78. The number of ketones is 1. The molecule has 0 fully saturated rings. The molecule has 1 aromatic carbocycles. The minimum absolute atomic E-state index is 0.226. The van der Waals surface area contributed by atoms with Gasteiger partial charge in [-0.2, -0.15) is 0 Å². The zero-order valence-corrected chi connectivity index (χ0v) is 14.7. The number of ether oxygens (including phenoxy) is 2. The third-order valence-electron chi connectivity index (χ3n) is 3.65. The van der Waals surface area contributed by atoms with Gasteiger partial charge in [-0.25, -0.2) is 4.79 Å². The number of aryl methyl sites for hydroxylation is 2. The van der Waals surface area contributed by atoms with Crippen molar-refractivity contribution >= 4 is 17.8 Å². The van der Waals surface area contributed by atoms with Gasteiger partial charge >= 0.3 is 5.97 Å². The van der Waals surface area contributed by atoms with Gasteiger partial charge in [-0.1, -0.05) is 18.2 Å². The lowest BCUT2D eigenvalue weighted by Crippen LogP contribution is -2.23. The molecular formula is C19H19NO6. The van der Waals surface area contributed by atoms with Crippen molar-refractivity contribution in [2.75, 3.05) is 13.7 Å². The number of carbonyl (C=O) groups is 2. The van der Waals surface area contributed by atoms with Gasteiger partial charge in [0.2, 0.25) is 0 Å². The molecule has 0 saturated carbocycles. The number of pyridine rings is 1. The Morgan fingerprint density at radius 1 is 1.31 bits per heavy atom. The summed E-state index contributed by atoms with van der Waals surface area (Å²) in [5, 5.41) is 10.0. The lowest BCUT2D eigenvalue weighted by Gasteiger charge is -2.07. The smallest absolute Gasteiger partial charge is 0.343 e. The van der Waals surface area contributed by atoms with Gasteiger partial charge in [-0.05, 0) is 30.7 Å². The van der Waals surface area contributed by atoms with Crippen molar-refractivity contribution in [3.8, 4) is 11.5 Å². The fourth-order valence-electron chi connectivity index (χ4n) is 2.27. The molecule has 0 aliphatic heterocycles. The van der Waals surface area contributed by atoms with Gasteiger partial charge in [0.25, 0.3) is 5.56 Å². The van der Waals surface area contributed by atoms with Gasteiger partial charge in [0.05, 0.1) is 7.11 Å². The lowest BCUT2D eigenvalue weighted by molar-refractivity contribution is -0.142. The first-order chi connectivity index (χ1) is 12.3. The highest BCUT2D eigenvalue weighted by atomic mass is 16.6. The molecule has 1 heterocycles. The molecule has 1 N–H and O–H groups in total. The van der Waals surface area contributed by atoms with Crippen LogP contribution in [0.1, 0.15) is 21.5 Å². The standard InChI is InChI=1S/C19H19NO6/c1-12-10-20(2)19(24)17(18(12)23)15(21)8-7-13-5-4-6-14(9-13)26-11-16(22)25-3/h4-10,23H,11H2,1-3H3/b8-7+. The Morgan fingerprint density at radius 2 is 2.04 bits per heavy atom. The van der Waals surface area contributed by atoms with Crippen LogP contribution in [-0.2, 0) is 16.6 Å². The van der Waals surface area contributed by atoms with Crippen LogP contribution in [0, 0.1) is 6.92 Å². The Hall–Kier alpha value is -3.35. The molecule has 0 bridgehead atoms. The normalized spacial score (nSPS) is 10.7. The second-order valence-corrected chi connectivity index (χ2v) is 5.59. The Balaban J connectivity index is 2.22. The number of esters is 1. The average molecular weight is 357 g/mol. The Kier molecular flexibility index (Phi) is 5.95. The van der Waals surface area contributed by atoms with Gasteiger partial charge in [-0.15, -0.1) is 0 Å². The number of hydrogen-bond donors (Lipinski definition) is 1. The number of benzene rings is 1. The zero-order chi connectivity index (χ0) is 19.3. The fraction of sp³-hybridized carbons (Fsp3) is 0.211. The first-order valence-electron chi connectivity index (χ1n) is 7.74. The molecule has 26 heavy (non-hydrogen) atoms. The minimum atomic E-state index is -0.604. The van der Waals surface area contributed by atoms with Crippen LogP contribution in [0.4, 0.5) is 0 Å². The topological polar surface area (TPSA) is 94.8 Å². The van der Waals surface area contributed by atoms with Crippen molar-refractivity contribution in [3.63, 3.8) is 0 Å². The molecule has 0 atom stereocenters. The molecule has 1 aromatic heterocycles. The van der Waals surface area contributed by atoms with E-state index in [2.05, 4.69) is 4.74 Å². The maximum absolute atomic E-state index is 12.4. The molecule has 2 aromatic rings. The highest BCUT2D eigenvalue weighted by Gasteiger charge is 2.17. The Bertz CT molecular complexity index is 926. The molecule has 7 nitrogen and oxygen atoms in total. The van der Waals surface area contributed by atoms with Gasteiger partial charge < -0.3 is 19.1 Å². The van der Waals surface area contributed by atoms with Crippen LogP contribution < -0.4 is 10.3 Å². The van der Waals surface area contributed by atoms with Crippen LogP contribution in [0.2, 0.25) is 0 Å². The summed E-state index contributed by atoms with van der Waals surface area (Å²) >= 11 is 0. The highest BCUT2D eigenvalue weighted by Crippen LogP contribution is 2.20. The third kappa shape index (κ3) is 4.38. The summed E-state index contributed by atoms with van der Waals surface area (Å²) in [5.41, 5.74) is 0.214. The largest absolute Gasteiger partial charge is 0.507 e. The predicted octanol–water partition coefficient (Wildman–Crippen LogP) is 1.85. The van der Waals surface area contributed by atoms with E-state index in [1.165, 1.54) is 37.1 Å². The highest BCUT2D eigenvalue weighted by molar-refractivity contribution is 6.08. The van der Waals surface area contributed by atoms with Crippen LogP contribution in [0.25, 0.3) is 6.08 Å². The van der Waals surface area contributed by atoms with Crippen LogP contribution >= 0.6 is 0 Å². The summed E-state index contributed by atoms with van der Waals surface area (Å²) < 4.78 is 11.0. The minimum Gasteiger partial charge on any atom is -0.507 e. The summed E-state index contributed by atoms with van der Waals surface area (Å²) in [6, 6.07) is 6.70. The number of carbonyl (C=O) groups excluding carboxylic acids is 2. The van der Waals surface area contributed by atoms with Crippen LogP contribution in [0.5, 0.6) is 11.5 Å². The van der Waals surface area contributed by atoms with Crippen molar-refractivity contribution in [3.05, 3.63) is 63.6 Å². The number of hydrogen-bond acceptors (Lipinski definition) is 6. The molecular weight excluding hydrogens is 338 g/mol. The second kappa shape index (κ2) is 8.15. The summed E-state index contributed by atoms with van der Waals surface area (Å²) in [6.07, 6.45) is 4.16. The number of aromatic hydroxyl groups is 1. The van der Waals surface area contributed by atoms with Crippen LogP contribution in [0.3, 0.4) is 0 Å². The lowest BCUT2D eigenvalue weighted by atomic mass is 10.1. The van der Waals surface area contributed by atoms with Crippen molar-refractivity contribution in [2.45, 2.75) is 6.92 Å². The quantitative estimate of drug-likeness (QED) is 0.482. The second-order valence-electron chi connectivity index (χ2n) is 5.59. The van der Waals surface area contributed by atoms with E-state index in [9.17, 15) is 19.5 Å². The molecule has 0 spiro atoms. The van der Waals surface area contributed by atoms with E-state index in [1.54, 1.807) is 31.2 Å². The fourth-order valence-corrected chi connectivity index (χ4v) is 2.27. The molecule has 0 unspecified atom stereocenters. The number of nitrogens with zero attached hydrogens (tertiary/aromatic N) is 1. The Labute approximate surface area is 150 Å². The number of aromatic nitrogens is 1. The summed E-state index contributed by atoms with van der Waals surface area (Å²) in [6.45, 7) is 1.38. The van der Waals surface area contributed by atoms with Crippen LogP contribution in [-0.4, -0.2) is 35.1 Å². The van der Waals surface area contributed by atoms with Crippen molar-refractivity contribution in [2.24, 2.45) is 7.05 Å². The molecule has 7 heteroatoms. The monoisotopic (exact) mass is 357 g/mol. The molecule has 0 saturated heterocycles. The van der Waals surface area contributed by atoms with Gasteiger partial charge in [-0.3, -0.25) is 9.59 Å². The van der Waals surface area contributed by atoms with E-state index in [0.717, 1.165) is 0 Å². The molecule has 0 aliphatic rings. The average Bonchev–Trinajstić information content (AvgIpc) is 2.63. The molecule has 0 radical (unpaired) electrons. The third-order valence-corrected chi connectivity index (χ3v) is 3.65. The van der Waals surface area contributed by atoms with E-state index in [1.807, 2.05) is 0 Å². The van der Waals surface area contributed by atoms with Crippen molar-refractivity contribution in [1.82, 2.24) is 4.57 Å². The van der Waals surface area contributed by atoms with Crippen LogP contribution in [0.15, 0.2) is 41.3 Å². The summed E-state index contributed by atoms with van der Waals surface area (Å²) in [5.74, 6) is -1.00. The number of rotatable bonds is 6. The number of methoxy groups -OCH3 is 1. The van der Waals surface area contributed by atoms with Gasteiger partial charge in [0.1, 0.15) is 17.1 Å². The van der Waals surface area contributed by atoms with E-state index in [-0.39, 0.29) is 17.9 Å². The molecule has 0 amide bonds. The van der Waals surface area contributed by atoms with Crippen molar-refractivity contribution in [1.29, 1.82) is 0 Å². The Morgan fingerprint density at radius 3 is 2.73 bits per heavy atom. The zero-order valence-electron chi connectivity index (χ0n) is 14.7. The first kappa shape index (κ1) is 19.0. The number of allylic oxidation sites excluding steroid dienone is 1. The maximum atomic E-state index is 12.4. The predicted molar refractivity (Wildman–Crippen MR) is 95.4 cm³/mol. The maximum Gasteiger partial charge on any atom is 0.343 e. The summed E-state index contributed by atoms with van der Waals surface area (Å²) in [4.78, 5) is 35.6. The van der Waals surface area contributed by atoms with Crippen molar-refractivity contribution < 1.29 is 24.2 Å².